The highest BCUT2D eigenvalue weighted by Gasteiger charge is 2.23. The fourth-order valence-corrected chi connectivity index (χ4v) is 2.74. The predicted molar refractivity (Wildman–Crippen MR) is 83.7 cm³/mol. The molecular weight excluding hydrogens is 269 g/mol. The van der Waals surface area contributed by atoms with Gasteiger partial charge >= 0.3 is 0 Å². The second-order valence-corrected chi connectivity index (χ2v) is 5.54. The molecule has 0 spiro atoms. The second-order valence-electron chi connectivity index (χ2n) is 5.54. The SMILES string of the molecule is CCN(CC(C)C(NC)c1ccc(F)cn1)C(C)COC. The molecule has 3 atom stereocenters. The largest absolute Gasteiger partial charge is 0.383 e. The van der Waals surface area contributed by atoms with Gasteiger partial charge in [-0.25, -0.2) is 4.39 Å². The van der Waals surface area contributed by atoms with Crippen LogP contribution in [0.5, 0.6) is 0 Å². The maximum Gasteiger partial charge on any atom is 0.141 e. The van der Waals surface area contributed by atoms with E-state index < -0.39 is 0 Å². The molecule has 1 heterocycles. The van der Waals surface area contributed by atoms with Crippen LogP contribution in [0.25, 0.3) is 0 Å². The van der Waals surface area contributed by atoms with Crippen LogP contribution in [0.1, 0.15) is 32.5 Å². The molecule has 0 aromatic carbocycles. The topological polar surface area (TPSA) is 37.4 Å². The molecule has 4 nitrogen and oxygen atoms in total. The van der Waals surface area contributed by atoms with Crippen molar-refractivity contribution in [2.45, 2.75) is 32.9 Å². The zero-order valence-electron chi connectivity index (χ0n) is 13.8. The maximum atomic E-state index is 13.0. The van der Waals surface area contributed by atoms with Gasteiger partial charge in [0.2, 0.25) is 0 Å². The number of methoxy groups -OCH3 is 1. The molecule has 3 unspecified atom stereocenters. The molecular formula is C16H28FN3O. The normalized spacial score (nSPS) is 16.0. The molecule has 0 amide bonds. The molecule has 0 aliphatic rings. The zero-order chi connectivity index (χ0) is 15.8. The van der Waals surface area contributed by atoms with Gasteiger partial charge in [-0.05, 0) is 38.6 Å². The van der Waals surface area contributed by atoms with Gasteiger partial charge in [-0.15, -0.1) is 0 Å². The Morgan fingerprint density at radius 3 is 2.57 bits per heavy atom. The molecule has 1 aromatic rings. The van der Waals surface area contributed by atoms with E-state index in [1.807, 2.05) is 7.05 Å². The summed E-state index contributed by atoms with van der Waals surface area (Å²) in [5.74, 6) is 0.0531. The van der Waals surface area contributed by atoms with Crippen LogP contribution in [0, 0.1) is 11.7 Å². The van der Waals surface area contributed by atoms with Crippen molar-refractivity contribution in [1.29, 1.82) is 0 Å². The van der Waals surface area contributed by atoms with Crippen molar-refractivity contribution in [3.63, 3.8) is 0 Å². The number of rotatable bonds is 9. The van der Waals surface area contributed by atoms with Gasteiger partial charge in [-0.2, -0.15) is 0 Å². The lowest BCUT2D eigenvalue weighted by atomic mass is 9.97. The van der Waals surface area contributed by atoms with Gasteiger partial charge < -0.3 is 10.1 Å². The second kappa shape index (κ2) is 9.07. The van der Waals surface area contributed by atoms with Crippen LogP contribution < -0.4 is 5.32 Å². The standard InChI is InChI=1S/C16H28FN3O/c1-6-20(13(3)11-21-5)10-12(2)16(18-4)15-8-7-14(17)9-19-15/h7-9,12-13,16,18H,6,10-11H2,1-5H3. The molecule has 1 rings (SSSR count). The van der Waals surface area contributed by atoms with Gasteiger partial charge in [-0.1, -0.05) is 13.8 Å². The first-order valence-corrected chi connectivity index (χ1v) is 7.55. The fraction of sp³-hybridized carbons (Fsp3) is 0.688. The summed E-state index contributed by atoms with van der Waals surface area (Å²) in [7, 11) is 3.65. The summed E-state index contributed by atoms with van der Waals surface area (Å²) < 4.78 is 18.2. The Morgan fingerprint density at radius 2 is 2.10 bits per heavy atom. The Balaban J connectivity index is 2.73. The van der Waals surface area contributed by atoms with Gasteiger partial charge in [0.15, 0.2) is 0 Å². The van der Waals surface area contributed by atoms with Crippen LogP contribution in [0.4, 0.5) is 4.39 Å². The Hall–Kier alpha value is -1.04. The molecule has 0 aliphatic carbocycles. The minimum absolute atomic E-state index is 0.106. The zero-order valence-corrected chi connectivity index (χ0v) is 13.8. The van der Waals surface area contributed by atoms with Crippen molar-refractivity contribution in [3.8, 4) is 0 Å². The minimum atomic E-state index is -0.301. The number of halogens is 1. The molecule has 1 aromatic heterocycles. The quantitative estimate of drug-likeness (QED) is 0.760. The third-order valence-corrected chi connectivity index (χ3v) is 3.91. The van der Waals surface area contributed by atoms with Crippen LogP contribution in [-0.4, -0.2) is 49.8 Å². The number of hydrogen-bond acceptors (Lipinski definition) is 4. The number of hydrogen-bond donors (Lipinski definition) is 1. The van der Waals surface area contributed by atoms with Crippen LogP contribution >= 0.6 is 0 Å². The number of nitrogens with one attached hydrogen (secondary N) is 1. The van der Waals surface area contributed by atoms with Crippen molar-refractivity contribution in [3.05, 3.63) is 29.8 Å². The first-order valence-electron chi connectivity index (χ1n) is 7.55. The lowest BCUT2D eigenvalue weighted by Gasteiger charge is -2.33. The van der Waals surface area contributed by atoms with Crippen LogP contribution in [0.15, 0.2) is 18.3 Å². The van der Waals surface area contributed by atoms with E-state index in [-0.39, 0.29) is 11.9 Å². The summed E-state index contributed by atoms with van der Waals surface area (Å²) in [6.07, 6.45) is 1.28. The Labute approximate surface area is 127 Å². The molecule has 5 heteroatoms. The average Bonchev–Trinajstić information content (AvgIpc) is 2.47. The first kappa shape index (κ1) is 18.0. The van der Waals surface area contributed by atoms with Crippen molar-refractivity contribution < 1.29 is 9.13 Å². The van der Waals surface area contributed by atoms with E-state index >= 15 is 0 Å². The number of aromatic nitrogens is 1. The van der Waals surface area contributed by atoms with Crippen LogP contribution in [-0.2, 0) is 4.74 Å². The molecule has 0 bridgehead atoms. The first-order chi connectivity index (χ1) is 10.0. The third kappa shape index (κ3) is 5.34. The lowest BCUT2D eigenvalue weighted by molar-refractivity contribution is 0.0884. The summed E-state index contributed by atoms with van der Waals surface area (Å²) in [6.45, 7) is 9.15. The molecule has 1 N–H and O–H groups in total. The average molecular weight is 297 g/mol. The molecule has 120 valence electrons. The summed E-state index contributed by atoms with van der Waals surface area (Å²) in [5.41, 5.74) is 0.877. The van der Waals surface area contributed by atoms with Crippen LogP contribution in [0.3, 0.4) is 0 Å². The number of nitrogens with zero attached hydrogens (tertiary/aromatic N) is 2. The number of likely N-dealkylation sites (N-methyl/N-ethyl adjacent to an activating group) is 1. The smallest absolute Gasteiger partial charge is 0.141 e. The van der Waals surface area contributed by atoms with E-state index in [0.717, 1.165) is 25.4 Å². The lowest BCUT2D eigenvalue weighted by Crippen LogP contribution is -2.41. The van der Waals surface area contributed by atoms with E-state index in [0.29, 0.717) is 12.0 Å². The van der Waals surface area contributed by atoms with Gasteiger partial charge in [0, 0.05) is 19.7 Å². The van der Waals surface area contributed by atoms with Crippen molar-refractivity contribution in [2.24, 2.45) is 5.92 Å². The molecule has 21 heavy (non-hydrogen) atoms. The van der Waals surface area contributed by atoms with E-state index in [9.17, 15) is 4.39 Å². The van der Waals surface area contributed by atoms with Gasteiger partial charge in [-0.3, -0.25) is 9.88 Å². The number of ether oxygens (including phenoxy) is 1. The summed E-state index contributed by atoms with van der Waals surface area (Å²) in [5, 5.41) is 3.30. The number of pyridine rings is 1. The van der Waals surface area contributed by atoms with Crippen LogP contribution in [0.2, 0.25) is 0 Å². The van der Waals surface area contributed by atoms with Gasteiger partial charge in [0.25, 0.3) is 0 Å². The summed E-state index contributed by atoms with van der Waals surface area (Å²) in [6, 6.07) is 3.70. The highest BCUT2D eigenvalue weighted by molar-refractivity contribution is 5.11. The predicted octanol–water partition coefficient (Wildman–Crippen LogP) is 2.47. The Morgan fingerprint density at radius 1 is 1.38 bits per heavy atom. The molecule has 0 aliphatic heterocycles. The molecule has 0 saturated carbocycles. The van der Waals surface area contributed by atoms with Gasteiger partial charge in [0.1, 0.15) is 5.82 Å². The highest BCUT2D eigenvalue weighted by atomic mass is 19.1. The van der Waals surface area contributed by atoms with E-state index in [2.05, 4.69) is 36.0 Å². The van der Waals surface area contributed by atoms with E-state index in [4.69, 9.17) is 4.74 Å². The van der Waals surface area contributed by atoms with E-state index in [1.165, 1.54) is 12.3 Å². The van der Waals surface area contributed by atoms with Crippen molar-refractivity contribution in [1.82, 2.24) is 15.2 Å². The Kier molecular flexibility index (Phi) is 7.78. The minimum Gasteiger partial charge on any atom is -0.383 e. The van der Waals surface area contributed by atoms with E-state index in [1.54, 1.807) is 13.2 Å². The fourth-order valence-electron chi connectivity index (χ4n) is 2.74. The van der Waals surface area contributed by atoms with Crippen molar-refractivity contribution >= 4 is 0 Å². The molecule has 0 fully saturated rings. The third-order valence-electron chi connectivity index (χ3n) is 3.91. The molecule has 0 saturated heterocycles. The monoisotopic (exact) mass is 297 g/mol. The highest BCUT2D eigenvalue weighted by Crippen LogP contribution is 2.21. The molecule has 0 radical (unpaired) electrons. The van der Waals surface area contributed by atoms with Gasteiger partial charge in [0.05, 0.1) is 24.5 Å². The van der Waals surface area contributed by atoms with Crippen molar-refractivity contribution in [2.75, 3.05) is 33.9 Å². The summed E-state index contributed by atoms with van der Waals surface area (Å²) in [4.78, 5) is 6.60. The summed E-state index contributed by atoms with van der Waals surface area (Å²) >= 11 is 0. The Bertz CT molecular complexity index is 399. The maximum absolute atomic E-state index is 13.0.